The van der Waals surface area contributed by atoms with Crippen LogP contribution < -0.4 is 15.6 Å². The summed E-state index contributed by atoms with van der Waals surface area (Å²) in [5.74, 6) is 0.458. The molecular weight excluding hydrogens is 724 g/mol. The zero-order chi connectivity index (χ0) is 32.0. The van der Waals surface area contributed by atoms with Gasteiger partial charge in [-0.2, -0.15) is 0 Å². The molecule has 1 aliphatic rings. The second-order valence-electron chi connectivity index (χ2n) is 10.3. The number of nitrogens with zero attached hydrogens (tertiary/aromatic N) is 1. The zero-order valence-electron chi connectivity index (χ0n) is 23.7. The van der Waals surface area contributed by atoms with Crippen LogP contribution >= 0.6 is 62.3 Å². The third-order valence-electron chi connectivity index (χ3n) is 7.17. The normalized spacial score (nSPS) is 17.5. The van der Waals surface area contributed by atoms with Crippen LogP contribution in [0.4, 0.5) is 0 Å². The summed E-state index contributed by atoms with van der Waals surface area (Å²) < 4.78 is 13.0. The Bertz CT molecular complexity index is 1710. The smallest absolute Gasteiger partial charge is 0.266 e. The molecule has 45 heavy (non-hydrogen) atoms. The number of hydrazine groups is 1. The topological polar surface area (TPSA) is 92.2 Å². The molecule has 5 rings (SSSR count). The second kappa shape index (κ2) is 15.2. The number of aliphatic hydroxyl groups is 1. The number of carbonyl (C=O) groups excluding carboxylic acids is 1. The van der Waals surface area contributed by atoms with Crippen molar-refractivity contribution in [3.63, 3.8) is 0 Å². The van der Waals surface area contributed by atoms with Gasteiger partial charge in [0.15, 0.2) is 11.6 Å². The van der Waals surface area contributed by atoms with E-state index in [1.54, 1.807) is 42.5 Å². The van der Waals surface area contributed by atoms with Gasteiger partial charge in [0.25, 0.3) is 5.91 Å². The molecule has 4 aromatic rings. The molecule has 4 aromatic carbocycles. The minimum absolute atomic E-state index is 0.0430. The SMILES string of the molecule is O=C(NNCc1ccc(Cl)c(Cl)c1)[C@@]1(Cc2ccccc2Br)N=C(c2ccc(OCCCO)cc2)O[C@H]1c1ccc(Cl)cc1Cl. The van der Waals surface area contributed by atoms with E-state index in [1.807, 2.05) is 42.5 Å². The van der Waals surface area contributed by atoms with E-state index in [0.717, 1.165) is 15.6 Å². The lowest BCUT2D eigenvalue weighted by molar-refractivity contribution is -0.130. The van der Waals surface area contributed by atoms with Gasteiger partial charge in [-0.25, -0.2) is 10.4 Å². The molecule has 0 saturated carbocycles. The van der Waals surface area contributed by atoms with E-state index in [4.69, 9.17) is 66.0 Å². The van der Waals surface area contributed by atoms with Crippen LogP contribution in [0.15, 0.2) is 94.4 Å². The lowest BCUT2D eigenvalue weighted by atomic mass is 9.82. The van der Waals surface area contributed by atoms with Crippen molar-refractivity contribution in [2.24, 2.45) is 4.99 Å². The molecule has 0 bridgehead atoms. The van der Waals surface area contributed by atoms with Gasteiger partial charge in [0.2, 0.25) is 5.90 Å². The first kappa shape index (κ1) is 33.5. The standard InChI is InChI=1S/C33H28BrCl4N3O4/c34-26-5-2-1-4-22(26)18-33(32(43)41-39-19-20-6-13-27(36)29(38)16-20)30(25-12-9-23(35)17-28(25)37)45-31(40-33)21-7-10-24(11-8-21)44-15-3-14-42/h1-2,4-13,16-17,30,39,42H,3,14-15,18-19H2,(H,41,43)/t30-,33-/m0/s1. The fraction of sp³-hybridized carbons (Fsp3) is 0.212. The van der Waals surface area contributed by atoms with Crippen molar-refractivity contribution in [1.29, 1.82) is 0 Å². The number of benzene rings is 4. The Kier molecular flexibility index (Phi) is 11.3. The highest BCUT2D eigenvalue weighted by Gasteiger charge is 2.54. The number of aliphatic hydroxyl groups excluding tert-OH is 1. The number of nitrogens with one attached hydrogen (secondary N) is 2. The summed E-state index contributed by atoms with van der Waals surface area (Å²) in [6, 6.07) is 25.1. The maximum Gasteiger partial charge on any atom is 0.266 e. The highest BCUT2D eigenvalue weighted by molar-refractivity contribution is 9.10. The summed E-state index contributed by atoms with van der Waals surface area (Å²) in [6.07, 6.45) is -0.228. The van der Waals surface area contributed by atoms with E-state index >= 15 is 0 Å². The monoisotopic (exact) mass is 749 g/mol. The van der Waals surface area contributed by atoms with E-state index < -0.39 is 17.6 Å². The highest BCUT2D eigenvalue weighted by atomic mass is 79.9. The van der Waals surface area contributed by atoms with Gasteiger partial charge < -0.3 is 14.6 Å². The summed E-state index contributed by atoms with van der Waals surface area (Å²) in [5.41, 5.74) is 7.21. The van der Waals surface area contributed by atoms with Crippen molar-refractivity contribution in [2.45, 2.75) is 31.0 Å². The number of ether oxygens (including phenoxy) is 2. The number of amides is 1. The lowest BCUT2D eigenvalue weighted by Crippen LogP contribution is -2.53. The lowest BCUT2D eigenvalue weighted by Gasteiger charge is -2.31. The molecule has 0 unspecified atom stereocenters. The Morgan fingerprint density at radius 3 is 2.44 bits per heavy atom. The third-order valence-corrected chi connectivity index (χ3v) is 9.25. The average Bonchev–Trinajstić information content (AvgIpc) is 3.40. The number of hydrogen-bond donors (Lipinski definition) is 3. The molecule has 0 spiro atoms. The summed E-state index contributed by atoms with van der Waals surface area (Å²) in [4.78, 5) is 19.4. The van der Waals surface area contributed by atoms with Crippen LogP contribution in [0.25, 0.3) is 0 Å². The van der Waals surface area contributed by atoms with E-state index in [2.05, 4.69) is 26.8 Å². The van der Waals surface area contributed by atoms with Crippen molar-refractivity contribution >= 4 is 74.1 Å². The molecule has 0 aromatic heterocycles. The van der Waals surface area contributed by atoms with E-state index in [0.29, 0.717) is 50.0 Å². The van der Waals surface area contributed by atoms with E-state index in [-0.39, 0.29) is 25.5 Å². The first-order valence-electron chi connectivity index (χ1n) is 14.0. The Morgan fingerprint density at radius 2 is 1.73 bits per heavy atom. The molecule has 3 N–H and O–H groups in total. The number of aliphatic imine (C=N–C) groups is 1. The molecule has 1 amide bonds. The minimum atomic E-state index is -1.50. The maximum absolute atomic E-state index is 14.4. The fourth-order valence-corrected chi connectivity index (χ4v) is 6.14. The van der Waals surface area contributed by atoms with Crippen LogP contribution in [0.1, 0.15) is 34.8 Å². The largest absolute Gasteiger partial charge is 0.494 e. The molecule has 0 radical (unpaired) electrons. The first-order valence-corrected chi connectivity index (χ1v) is 16.3. The summed E-state index contributed by atoms with van der Waals surface area (Å²) >= 11 is 28.9. The summed E-state index contributed by atoms with van der Waals surface area (Å²) in [7, 11) is 0. The van der Waals surface area contributed by atoms with Crippen molar-refractivity contribution in [2.75, 3.05) is 13.2 Å². The molecular formula is C33H28BrCl4N3O4. The molecule has 234 valence electrons. The van der Waals surface area contributed by atoms with Crippen molar-refractivity contribution < 1.29 is 19.4 Å². The van der Waals surface area contributed by atoms with Gasteiger partial charge >= 0.3 is 0 Å². The second-order valence-corrected chi connectivity index (χ2v) is 12.8. The number of rotatable bonds is 12. The average molecular weight is 752 g/mol. The van der Waals surface area contributed by atoms with Crippen LogP contribution in [-0.2, 0) is 22.5 Å². The Balaban J connectivity index is 1.54. The summed E-state index contributed by atoms with van der Waals surface area (Å²) in [5, 5.41) is 10.7. The van der Waals surface area contributed by atoms with Crippen LogP contribution in [0, 0.1) is 0 Å². The van der Waals surface area contributed by atoms with Crippen molar-refractivity contribution in [3.8, 4) is 5.75 Å². The number of carbonyl (C=O) groups is 1. The molecule has 1 aliphatic heterocycles. The van der Waals surface area contributed by atoms with Crippen LogP contribution in [0.2, 0.25) is 20.1 Å². The quantitative estimate of drug-likeness (QED) is 0.100. The van der Waals surface area contributed by atoms with Gasteiger partial charge in [0.05, 0.1) is 16.7 Å². The Hall–Kier alpha value is -2.82. The van der Waals surface area contributed by atoms with Crippen LogP contribution in [-0.4, -0.2) is 35.7 Å². The molecule has 1 heterocycles. The zero-order valence-corrected chi connectivity index (χ0v) is 28.3. The van der Waals surface area contributed by atoms with Gasteiger partial charge in [-0.05, 0) is 65.7 Å². The Labute approximate surface area is 289 Å². The predicted octanol–water partition coefficient (Wildman–Crippen LogP) is 8.14. The van der Waals surface area contributed by atoms with E-state index in [9.17, 15) is 4.79 Å². The van der Waals surface area contributed by atoms with Gasteiger partial charge in [-0.3, -0.25) is 10.2 Å². The molecule has 7 nitrogen and oxygen atoms in total. The number of hydrogen-bond acceptors (Lipinski definition) is 6. The van der Waals surface area contributed by atoms with Crippen molar-refractivity contribution in [3.05, 3.63) is 132 Å². The van der Waals surface area contributed by atoms with Gasteiger partial charge in [-0.1, -0.05) is 92.7 Å². The van der Waals surface area contributed by atoms with Gasteiger partial charge in [0, 0.05) is 51.6 Å². The third kappa shape index (κ3) is 7.95. The predicted molar refractivity (Wildman–Crippen MR) is 182 cm³/mol. The summed E-state index contributed by atoms with van der Waals surface area (Å²) in [6.45, 7) is 0.700. The van der Waals surface area contributed by atoms with E-state index in [1.165, 1.54) is 0 Å². The maximum atomic E-state index is 14.4. The molecule has 2 atom stereocenters. The van der Waals surface area contributed by atoms with Crippen molar-refractivity contribution in [1.82, 2.24) is 10.9 Å². The number of halogens is 5. The molecule has 12 heteroatoms. The first-order chi connectivity index (χ1) is 21.7. The highest BCUT2D eigenvalue weighted by Crippen LogP contribution is 2.45. The Morgan fingerprint density at radius 1 is 0.956 bits per heavy atom. The van der Waals surface area contributed by atoms with Crippen LogP contribution in [0.5, 0.6) is 5.75 Å². The van der Waals surface area contributed by atoms with Crippen LogP contribution in [0.3, 0.4) is 0 Å². The fourth-order valence-electron chi connectivity index (χ4n) is 4.89. The minimum Gasteiger partial charge on any atom is -0.494 e. The van der Waals surface area contributed by atoms with Gasteiger partial charge in [0.1, 0.15) is 5.75 Å². The molecule has 0 saturated heterocycles. The van der Waals surface area contributed by atoms with Gasteiger partial charge in [-0.15, -0.1) is 0 Å². The molecule has 0 fully saturated rings. The molecule has 0 aliphatic carbocycles.